The molecule has 0 aliphatic carbocycles. The third-order valence-corrected chi connectivity index (χ3v) is 4.94. The van der Waals surface area contributed by atoms with Crippen LogP contribution in [0, 0.1) is 0 Å². The molecule has 0 saturated carbocycles. The fourth-order valence-corrected chi connectivity index (χ4v) is 3.31. The Balaban J connectivity index is 1.54. The number of aromatic nitrogens is 3. The lowest BCUT2D eigenvalue weighted by molar-refractivity contribution is 0.802. The van der Waals surface area contributed by atoms with Crippen LogP contribution >= 0.6 is 0 Å². The second-order valence-corrected chi connectivity index (χ2v) is 7.38. The Bertz CT molecular complexity index is 1160. The molecule has 3 heterocycles. The summed E-state index contributed by atoms with van der Waals surface area (Å²) in [5.41, 5.74) is 5.43. The maximum absolute atomic E-state index is 4.88. The van der Waals surface area contributed by atoms with Crippen LogP contribution in [0.4, 0.5) is 0 Å². The number of rotatable bonds is 5. The molecule has 1 aliphatic rings. The van der Waals surface area contributed by atoms with Gasteiger partial charge in [0.05, 0.1) is 16.6 Å². The topological polar surface area (TPSA) is 67.8 Å². The summed E-state index contributed by atoms with van der Waals surface area (Å²) in [7, 11) is 2.06. The molecule has 0 N–H and O–H groups in total. The van der Waals surface area contributed by atoms with Gasteiger partial charge in [0.25, 0.3) is 0 Å². The molecule has 1 unspecified atom stereocenters. The first-order valence-corrected chi connectivity index (χ1v) is 9.51. The van der Waals surface area contributed by atoms with Crippen molar-refractivity contribution in [2.75, 3.05) is 0 Å². The number of amidine groups is 1. The van der Waals surface area contributed by atoms with Crippen LogP contribution in [0.2, 0.25) is 0 Å². The zero-order chi connectivity index (χ0) is 19.7. The Morgan fingerprint density at radius 3 is 2.79 bits per heavy atom. The number of benzene rings is 1. The predicted molar refractivity (Wildman–Crippen MR) is 114 cm³/mol. The molecule has 6 heteroatoms. The molecule has 0 saturated heterocycles. The molecule has 0 amide bonds. The number of pyridine rings is 1. The monoisotopic (exact) mass is 372 g/mol. The molecule has 4 rings (SSSR count). The third kappa shape index (κ3) is 3.50. The average molecular weight is 372 g/mol. The number of allylic oxidation sites excluding steroid dienone is 3. The number of aliphatic imine (C=N–C) groups is 1. The zero-order valence-corrected chi connectivity index (χ0v) is 16.7. The van der Waals surface area contributed by atoms with Gasteiger partial charge in [0.1, 0.15) is 11.7 Å². The molecule has 1 aromatic carbocycles. The van der Waals surface area contributed by atoms with Crippen LogP contribution in [0.3, 0.4) is 0 Å². The Hall–Kier alpha value is -3.15. The molecule has 142 valence electrons. The number of azo groups is 1. The summed E-state index contributed by atoms with van der Waals surface area (Å²) in [6.07, 6.45) is 7.26. The minimum atomic E-state index is -0.193. The van der Waals surface area contributed by atoms with Crippen LogP contribution in [0.25, 0.3) is 21.9 Å². The summed E-state index contributed by atoms with van der Waals surface area (Å²) in [6.45, 7) is 6.19. The molecule has 0 spiro atoms. The predicted octanol–water partition coefficient (Wildman–Crippen LogP) is 5.16. The summed E-state index contributed by atoms with van der Waals surface area (Å²) in [5, 5.41) is 9.67. The minimum absolute atomic E-state index is 0.193. The third-order valence-electron chi connectivity index (χ3n) is 4.94. The first kappa shape index (κ1) is 18.2. The van der Waals surface area contributed by atoms with Gasteiger partial charge in [-0.1, -0.05) is 17.7 Å². The van der Waals surface area contributed by atoms with Gasteiger partial charge in [0.2, 0.25) is 0 Å². The standard InChI is InChI=1S/C22H24N6/c1-14(2)7-8-15(3)22-24-19(26-27-22)11-12-20-25-21-16-6-5-13-23-17(16)9-10-18(21)28(20)4/h5-10,13,22H,11-12H2,1-4H3/b15-8-. The molecule has 28 heavy (non-hydrogen) atoms. The van der Waals surface area contributed by atoms with Crippen LogP contribution in [0.1, 0.15) is 33.0 Å². The van der Waals surface area contributed by atoms with E-state index < -0.39 is 0 Å². The van der Waals surface area contributed by atoms with Gasteiger partial charge >= 0.3 is 0 Å². The van der Waals surface area contributed by atoms with E-state index >= 15 is 0 Å². The van der Waals surface area contributed by atoms with Gasteiger partial charge in [-0.3, -0.25) is 4.98 Å². The minimum Gasteiger partial charge on any atom is -0.331 e. The van der Waals surface area contributed by atoms with Crippen molar-refractivity contribution in [3.8, 4) is 0 Å². The lowest BCUT2D eigenvalue weighted by atomic mass is 10.2. The molecule has 0 bridgehead atoms. The fraction of sp³-hybridized carbons (Fsp3) is 0.318. The lowest BCUT2D eigenvalue weighted by Crippen LogP contribution is -2.03. The normalized spacial score (nSPS) is 16.8. The molecule has 0 fully saturated rings. The highest BCUT2D eigenvalue weighted by Gasteiger charge is 2.17. The van der Waals surface area contributed by atoms with Gasteiger partial charge in [0, 0.05) is 31.5 Å². The Kier molecular flexibility index (Phi) is 4.86. The van der Waals surface area contributed by atoms with Crippen molar-refractivity contribution >= 4 is 27.8 Å². The van der Waals surface area contributed by atoms with E-state index in [4.69, 9.17) is 4.98 Å². The van der Waals surface area contributed by atoms with E-state index in [1.165, 1.54) is 5.57 Å². The summed E-state index contributed by atoms with van der Waals surface area (Å²) in [5.74, 6) is 1.80. The van der Waals surface area contributed by atoms with E-state index in [2.05, 4.69) is 70.0 Å². The molecule has 1 atom stereocenters. The second kappa shape index (κ2) is 7.46. The van der Waals surface area contributed by atoms with Crippen LogP contribution < -0.4 is 0 Å². The second-order valence-electron chi connectivity index (χ2n) is 7.38. The quantitative estimate of drug-likeness (QED) is 0.581. The number of hydrogen-bond donors (Lipinski definition) is 0. The first-order valence-electron chi connectivity index (χ1n) is 9.51. The van der Waals surface area contributed by atoms with E-state index in [9.17, 15) is 0 Å². The van der Waals surface area contributed by atoms with Gasteiger partial charge < -0.3 is 4.57 Å². The highest BCUT2D eigenvalue weighted by atomic mass is 15.3. The first-order chi connectivity index (χ1) is 13.5. The van der Waals surface area contributed by atoms with Gasteiger partial charge in [0.15, 0.2) is 6.17 Å². The van der Waals surface area contributed by atoms with Crippen molar-refractivity contribution in [3.05, 3.63) is 59.6 Å². The molecular formula is C22H24N6. The van der Waals surface area contributed by atoms with Crippen LogP contribution in [0.5, 0.6) is 0 Å². The molecule has 2 aromatic heterocycles. The largest absolute Gasteiger partial charge is 0.331 e. The SMILES string of the molecule is CC(C)=C/C=C(/C)C1N=NC(CCc2nc3c4cccnc4ccc3n2C)=N1. The van der Waals surface area contributed by atoms with E-state index in [1.54, 1.807) is 0 Å². The van der Waals surface area contributed by atoms with E-state index in [0.717, 1.165) is 52.0 Å². The molecule has 0 radical (unpaired) electrons. The fourth-order valence-electron chi connectivity index (χ4n) is 3.31. The van der Waals surface area contributed by atoms with Gasteiger partial charge in [-0.25, -0.2) is 9.98 Å². The Morgan fingerprint density at radius 2 is 1.96 bits per heavy atom. The highest BCUT2D eigenvalue weighted by Crippen LogP contribution is 2.25. The number of fused-ring (bicyclic) bond motifs is 3. The van der Waals surface area contributed by atoms with Crippen LogP contribution in [0.15, 0.2) is 69.0 Å². The van der Waals surface area contributed by atoms with Gasteiger partial charge in [-0.2, -0.15) is 5.11 Å². The zero-order valence-electron chi connectivity index (χ0n) is 16.7. The van der Waals surface area contributed by atoms with Crippen molar-refractivity contribution in [1.29, 1.82) is 0 Å². The van der Waals surface area contributed by atoms with Crippen molar-refractivity contribution in [2.45, 2.75) is 39.8 Å². The molecule has 6 nitrogen and oxygen atoms in total. The number of aryl methyl sites for hydroxylation is 2. The Labute approximate surface area is 164 Å². The summed E-state index contributed by atoms with van der Waals surface area (Å²) in [6, 6.07) is 8.16. The number of nitrogens with zero attached hydrogens (tertiary/aromatic N) is 6. The van der Waals surface area contributed by atoms with Crippen molar-refractivity contribution in [2.24, 2.45) is 22.3 Å². The summed E-state index contributed by atoms with van der Waals surface area (Å²) in [4.78, 5) is 14.0. The van der Waals surface area contributed by atoms with Gasteiger partial charge in [-0.05, 0) is 50.6 Å². The van der Waals surface area contributed by atoms with E-state index in [0.29, 0.717) is 0 Å². The average Bonchev–Trinajstić information content (AvgIpc) is 3.29. The van der Waals surface area contributed by atoms with Crippen LogP contribution in [-0.2, 0) is 13.5 Å². The molecule has 1 aliphatic heterocycles. The molecule has 3 aromatic rings. The van der Waals surface area contributed by atoms with Crippen molar-refractivity contribution in [1.82, 2.24) is 14.5 Å². The van der Waals surface area contributed by atoms with Crippen LogP contribution in [-0.4, -0.2) is 26.5 Å². The van der Waals surface area contributed by atoms with E-state index in [-0.39, 0.29) is 6.17 Å². The maximum Gasteiger partial charge on any atom is 0.184 e. The van der Waals surface area contributed by atoms with Crippen molar-refractivity contribution in [3.63, 3.8) is 0 Å². The lowest BCUT2D eigenvalue weighted by Gasteiger charge is -2.02. The van der Waals surface area contributed by atoms with Crippen molar-refractivity contribution < 1.29 is 0 Å². The smallest absolute Gasteiger partial charge is 0.184 e. The molecular weight excluding hydrogens is 348 g/mol. The van der Waals surface area contributed by atoms with E-state index in [1.807, 2.05) is 25.3 Å². The number of hydrogen-bond acceptors (Lipinski definition) is 5. The highest BCUT2D eigenvalue weighted by molar-refractivity contribution is 6.02. The maximum atomic E-state index is 4.88. The summed E-state index contributed by atoms with van der Waals surface area (Å²) >= 11 is 0. The summed E-state index contributed by atoms with van der Waals surface area (Å²) < 4.78 is 2.14. The Morgan fingerprint density at radius 1 is 1.11 bits per heavy atom. The van der Waals surface area contributed by atoms with Gasteiger partial charge in [-0.15, -0.1) is 5.11 Å². The number of imidazole rings is 1.